The summed E-state index contributed by atoms with van der Waals surface area (Å²) in [5.41, 5.74) is 0.818. The minimum Gasteiger partial charge on any atom is -0.486 e. The number of benzene rings is 1. The average Bonchev–Trinajstić information content (AvgIpc) is 2.42. The van der Waals surface area contributed by atoms with Crippen molar-refractivity contribution in [3.05, 3.63) is 23.8 Å². The quantitative estimate of drug-likeness (QED) is 0.825. The minimum absolute atomic E-state index is 0.112. The van der Waals surface area contributed by atoms with Crippen molar-refractivity contribution in [2.75, 3.05) is 26.4 Å². The first-order chi connectivity index (χ1) is 8.79. The molecule has 1 aliphatic heterocycles. The Morgan fingerprint density at radius 3 is 2.89 bits per heavy atom. The summed E-state index contributed by atoms with van der Waals surface area (Å²) < 4.78 is 15.8. The van der Waals surface area contributed by atoms with Gasteiger partial charge in [-0.2, -0.15) is 0 Å². The van der Waals surface area contributed by atoms with Gasteiger partial charge >= 0.3 is 6.09 Å². The highest BCUT2D eigenvalue weighted by molar-refractivity contribution is 5.67. The van der Waals surface area contributed by atoms with Gasteiger partial charge in [0.15, 0.2) is 11.5 Å². The number of ether oxygens (including phenoxy) is 3. The summed E-state index contributed by atoms with van der Waals surface area (Å²) in [6, 6.07) is 5.39. The molecule has 18 heavy (non-hydrogen) atoms. The molecule has 6 heteroatoms. The highest BCUT2D eigenvalue weighted by atomic mass is 16.6. The van der Waals surface area contributed by atoms with Crippen LogP contribution in [0, 0.1) is 0 Å². The van der Waals surface area contributed by atoms with Gasteiger partial charge in [-0.1, -0.05) is 6.07 Å². The van der Waals surface area contributed by atoms with Crippen LogP contribution >= 0.6 is 0 Å². The van der Waals surface area contributed by atoms with Gasteiger partial charge in [0.1, 0.15) is 19.8 Å². The van der Waals surface area contributed by atoms with Gasteiger partial charge in [-0.25, -0.2) is 4.79 Å². The van der Waals surface area contributed by atoms with Crippen molar-refractivity contribution in [1.82, 2.24) is 5.32 Å². The van der Waals surface area contributed by atoms with E-state index in [0.29, 0.717) is 24.7 Å². The molecule has 1 aromatic rings. The van der Waals surface area contributed by atoms with Gasteiger partial charge in [-0.3, -0.25) is 0 Å². The Bertz CT molecular complexity index is 421. The van der Waals surface area contributed by atoms with Gasteiger partial charge in [-0.05, 0) is 17.7 Å². The summed E-state index contributed by atoms with van der Waals surface area (Å²) in [7, 11) is 0. The third-order valence-electron chi connectivity index (χ3n) is 2.36. The lowest BCUT2D eigenvalue weighted by Crippen LogP contribution is -2.27. The fourth-order valence-electron chi connectivity index (χ4n) is 1.54. The number of fused-ring (bicyclic) bond motifs is 1. The van der Waals surface area contributed by atoms with Crippen molar-refractivity contribution >= 4 is 6.09 Å². The van der Waals surface area contributed by atoms with E-state index in [-0.39, 0.29) is 19.8 Å². The smallest absolute Gasteiger partial charge is 0.407 e. The number of amides is 1. The van der Waals surface area contributed by atoms with Crippen LogP contribution in [0.15, 0.2) is 18.2 Å². The van der Waals surface area contributed by atoms with E-state index in [1.807, 2.05) is 6.07 Å². The molecule has 0 saturated heterocycles. The molecule has 6 nitrogen and oxygen atoms in total. The van der Waals surface area contributed by atoms with Crippen LogP contribution in [-0.4, -0.2) is 37.6 Å². The van der Waals surface area contributed by atoms with Crippen LogP contribution in [0.5, 0.6) is 11.5 Å². The Morgan fingerprint density at radius 1 is 1.33 bits per heavy atom. The van der Waals surface area contributed by atoms with E-state index in [9.17, 15) is 4.79 Å². The fourth-order valence-corrected chi connectivity index (χ4v) is 1.54. The lowest BCUT2D eigenvalue weighted by Gasteiger charge is -2.18. The standard InChI is InChI=1S/C12H15NO5/c14-4-3-13-12(15)18-8-9-1-2-10-11(7-9)17-6-5-16-10/h1-2,7,14H,3-6,8H2,(H,13,15). The van der Waals surface area contributed by atoms with Crippen LogP contribution in [0.2, 0.25) is 0 Å². The summed E-state index contributed by atoms with van der Waals surface area (Å²) in [5, 5.41) is 10.9. The van der Waals surface area contributed by atoms with Gasteiger partial charge in [0.25, 0.3) is 0 Å². The first-order valence-electron chi connectivity index (χ1n) is 5.69. The number of hydrogen-bond acceptors (Lipinski definition) is 5. The molecule has 2 N–H and O–H groups in total. The largest absolute Gasteiger partial charge is 0.486 e. The van der Waals surface area contributed by atoms with Crippen LogP contribution in [0.25, 0.3) is 0 Å². The first kappa shape index (κ1) is 12.5. The Balaban J connectivity index is 1.88. The predicted molar refractivity (Wildman–Crippen MR) is 62.7 cm³/mol. The first-order valence-corrected chi connectivity index (χ1v) is 5.69. The molecule has 0 bridgehead atoms. The third-order valence-corrected chi connectivity index (χ3v) is 2.36. The SMILES string of the molecule is O=C(NCCO)OCc1ccc2c(c1)OCCO2. The Hall–Kier alpha value is -1.95. The van der Waals surface area contributed by atoms with E-state index in [1.165, 1.54) is 0 Å². The van der Waals surface area contributed by atoms with Gasteiger partial charge in [0.05, 0.1) is 6.61 Å². The molecular formula is C12H15NO5. The zero-order chi connectivity index (χ0) is 12.8. The maximum Gasteiger partial charge on any atom is 0.407 e. The Labute approximate surface area is 104 Å². The number of hydrogen-bond donors (Lipinski definition) is 2. The molecule has 0 atom stereocenters. The summed E-state index contributed by atoms with van der Waals surface area (Å²) >= 11 is 0. The molecule has 1 aromatic carbocycles. The topological polar surface area (TPSA) is 77.0 Å². The third kappa shape index (κ3) is 3.27. The molecule has 2 rings (SSSR count). The van der Waals surface area contributed by atoms with E-state index in [0.717, 1.165) is 5.56 Å². The average molecular weight is 253 g/mol. The molecule has 0 radical (unpaired) electrons. The number of aliphatic hydroxyl groups is 1. The molecule has 98 valence electrons. The summed E-state index contributed by atoms with van der Waals surface area (Å²) in [6.45, 7) is 1.29. The second-order valence-corrected chi connectivity index (χ2v) is 3.70. The number of carbonyl (C=O) groups excluding carboxylic acids is 1. The number of alkyl carbamates (subject to hydrolysis) is 1. The van der Waals surface area contributed by atoms with Crippen molar-refractivity contribution in [3.8, 4) is 11.5 Å². The zero-order valence-electron chi connectivity index (χ0n) is 9.85. The van der Waals surface area contributed by atoms with E-state index in [4.69, 9.17) is 19.3 Å². The number of carbonyl (C=O) groups is 1. The fraction of sp³-hybridized carbons (Fsp3) is 0.417. The molecule has 0 aliphatic carbocycles. The van der Waals surface area contributed by atoms with E-state index in [1.54, 1.807) is 12.1 Å². The van der Waals surface area contributed by atoms with Crippen LogP contribution in [0.3, 0.4) is 0 Å². The molecule has 0 aromatic heterocycles. The maximum atomic E-state index is 11.2. The Kier molecular flexibility index (Phi) is 4.25. The Morgan fingerprint density at radius 2 is 2.11 bits per heavy atom. The van der Waals surface area contributed by atoms with Crippen LogP contribution in [0.1, 0.15) is 5.56 Å². The monoisotopic (exact) mass is 253 g/mol. The lowest BCUT2D eigenvalue weighted by atomic mass is 10.2. The summed E-state index contributed by atoms with van der Waals surface area (Å²) in [6.07, 6.45) is -0.557. The van der Waals surface area contributed by atoms with Crippen molar-refractivity contribution < 1.29 is 24.1 Å². The van der Waals surface area contributed by atoms with E-state index >= 15 is 0 Å². The molecule has 1 aliphatic rings. The molecule has 1 heterocycles. The number of aliphatic hydroxyl groups excluding tert-OH is 1. The second-order valence-electron chi connectivity index (χ2n) is 3.70. The zero-order valence-corrected chi connectivity index (χ0v) is 9.85. The molecule has 0 saturated carbocycles. The lowest BCUT2D eigenvalue weighted by molar-refractivity contribution is 0.136. The van der Waals surface area contributed by atoms with Crippen molar-refractivity contribution in [2.45, 2.75) is 6.61 Å². The van der Waals surface area contributed by atoms with Crippen LogP contribution in [0.4, 0.5) is 4.79 Å². The predicted octanol–water partition coefficient (Wildman–Crippen LogP) is 0.676. The molecular weight excluding hydrogens is 238 g/mol. The van der Waals surface area contributed by atoms with E-state index in [2.05, 4.69) is 5.32 Å². The summed E-state index contributed by atoms with van der Waals surface area (Å²) in [5.74, 6) is 1.37. The normalized spacial score (nSPS) is 12.9. The minimum atomic E-state index is -0.557. The second kappa shape index (κ2) is 6.11. The highest BCUT2D eigenvalue weighted by Crippen LogP contribution is 2.30. The van der Waals surface area contributed by atoms with Crippen LogP contribution in [-0.2, 0) is 11.3 Å². The maximum absolute atomic E-state index is 11.2. The molecule has 1 amide bonds. The van der Waals surface area contributed by atoms with E-state index < -0.39 is 6.09 Å². The van der Waals surface area contributed by atoms with Crippen molar-refractivity contribution in [2.24, 2.45) is 0 Å². The number of nitrogens with one attached hydrogen (secondary N) is 1. The van der Waals surface area contributed by atoms with Gasteiger partial charge in [0.2, 0.25) is 0 Å². The van der Waals surface area contributed by atoms with Crippen LogP contribution < -0.4 is 14.8 Å². The van der Waals surface area contributed by atoms with Crippen molar-refractivity contribution in [3.63, 3.8) is 0 Å². The summed E-state index contributed by atoms with van der Waals surface area (Å²) in [4.78, 5) is 11.2. The molecule has 0 spiro atoms. The van der Waals surface area contributed by atoms with Crippen molar-refractivity contribution in [1.29, 1.82) is 0 Å². The molecule has 0 fully saturated rings. The van der Waals surface area contributed by atoms with Gasteiger partial charge in [0, 0.05) is 6.54 Å². The van der Waals surface area contributed by atoms with Gasteiger partial charge < -0.3 is 24.6 Å². The highest BCUT2D eigenvalue weighted by Gasteiger charge is 2.12. The number of rotatable bonds is 4. The van der Waals surface area contributed by atoms with Gasteiger partial charge in [-0.15, -0.1) is 0 Å². The molecule has 0 unspecified atom stereocenters.